The van der Waals surface area contributed by atoms with E-state index in [0.29, 0.717) is 0 Å². The van der Waals surface area contributed by atoms with Crippen molar-refractivity contribution < 1.29 is 33.0 Å². The van der Waals surface area contributed by atoms with Gasteiger partial charge in [0, 0.05) is 18.2 Å². The van der Waals surface area contributed by atoms with Crippen molar-refractivity contribution >= 4 is 13.7 Å². The Hall–Kier alpha value is -2.76. The van der Waals surface area contributed by atoms with Gasteiger partial charge < -0.3 is 19.1 Å². The number of esters is 1. The molecule has 1 aromatic heterocycles. The summed E-state index contributed by atoms with van der Waals surface area (Å²) in [6.07, 6.45) is -1.50. The van der Waals surface area contributed by atoms with Gasteiger partial charge in [-0.25, -0.2) is 9.36 Å². The van der Waals surface area contributed by atoms with Crippen molar-refractivity contribution in [3.63, 3.8) is 0 Å². The minimum atomic E-state index is -4.13. The second-order valence-corrected chi connectivity index (χ2v) is 10.6. The largest absolute Gasteiger partial charge is 0.462 e. The van der Waals surface area contributed by atoms with Crippen LogP contribution in [-0.2, 0) is 29.9 Å². The van der Waals surface area contributed by atoms with E-state index in [-0.39, 0.29) is 25.0 Å². The zero-order valence-electron chi connectivity index (χ0n) is 20.5. The smallest absolute Gasteiger partial charge is 0.459 e. The molecule has 0 spiro atoms. The third-order valence-corrected chi connectivity index (χ3v) is 7.21. The van der Waals surface area contributed by atoms with Gasteiger partial charge in [-0.3, -0.25) is 23.7 Å². The van der Waals surface area contributed by atoms with Crippen LogP contribution < -0.4 is 20.9 Å². The summed E-state index contributed by atoms with van der Waals surface area (Å²) in [5.74, 6) is -0.795. The van der Waals surface area contributed by atoms with Gasteiger partial charge in [-0.2, -0.15) is 5.09 Å². The Bertz CT molecular complexity index is 1180. The molecule has 3 rings (SSSR count). The molecule has 198 valence electrons. The summed E-state index contributed by atoms with van der Waals surface area (Å²) >= 11 is 0. The van der Waals surface area contributed by atoms with E-state index in [1.807, 2.05) is 0 Å². The molecule has 36 heavy (non-hydrogen) atoms. The van der Waals surface area contributed by atoms with Gasteiger partial charge in [0.2, 0.25) is 0 Å². The maximum absolute atomic E-state index is 13.6. The standard InChI is InChI=1S/C23H32N3O9P/c1-14(2)33-22(29)16(4)25-36(31,35-17-8-6-5-7-9-17)32-13-19-21(28)15(3)18(34-19)12-26-11-10-20(27)24-23(26)30/h5-11,14-16,18-19,21,28H,12-13H2,1-4H3,(H,25,31)(H,24,27,30). The van der Waals surface area contributed by atoms with Crippen molar-refractivity contribution in [2.75, 3.05) is 6.61 Å². The van der Waals surface area contributed by atoms with Crippen LogP contribution in [-0.4, -0.2) is 57.7 Å². The lowest BCUT2D eigenvalue weighted by atomic mass is 9.98. The molecule has 1 aromatic carbocycles. The Balaban J connectivity index is 1.70. The Morgan fingerprint density at radius 2 is 1.89 bits per heavy atom. The van der Waals surface area contributed by atoms with Crippen molar-refractivity contribution in [1.29, 1.82) is 0 Å². The molecule has 1 aliphatic rings. The number of hydrogen-bond donors (Lipinski definition) is 3. The molecule has 13 heteroatoms. The first kappa shape index (κ1) is 27.8. The first-order valence-electron chi connectivity index (χ1n) is 11.6. The zero-order valence-corrected chi connectivity index (χ0v) is 21.4. The van der Waals surface area contributed by atoms with Crippen molar-refractivity contribution in [3.8, 4) is 5.75 Å². The van der Waals surface area contributed by atoms with Crippen molar-refractivity contribution in [3.05, 3.63) is 63.4 Å². The number of carbonyl (C=O) groups excluding carboxylic acids is 1. The molecule has 2 aromatic rings. The van der Waals surface area contributed by atoms with E-state index in [0.717, 1.165) is 0 Å². The van der Waals surface area contributed by atoms with Gasteiger partial charge in [0.25, 0.3) is 5.56 Å². The summed E-state index contributed by atoms with van der Waals surface area (Å²) in [6, 6.07) is 8.48. The summed E-state index contributed by atoms with van der Waals surface area (Å²) < 4.78 is 37.1. The monoisotopic (exact) mass is 525 g/mol. The average Bonchev–Trinajstić information content (AvgIpc) is 3.07. The van der Waals surface area contributed by atoms with Crippen LogP contribution >= 0.6 is 7.75 Å². The van der Waals surface area contributed by atoms with Crippen LogP contribution in [0.1, 0.15) is 27.7 Å². The van der Waals surface area contributed by atoms with Crippen LogP contribution in [0.4, 0.5) is 0 Å². The number of aliphatic hydroxyl groups excluding tert-OH is 1. The second-order valence-electron chi connectivity index (χ2n) is 8.86. The number of aromatic amines is 1. The molecule has 6 atom stereocenters. The Kier molecular flexibility index (Phi) is 9.26. The first-order chi connectivity index (χ1) is 17.0. The average molecular weight is 525 g/mol. The van der Waals surface area contributed by atoms with E-state index < -0.39 is 55.2 Å². The lowest BCUT2D eigenvalue weighted by Gasteiger charge is -2.25. The lowest BCUT2D eigenvalue weighted by Crippen LogP contribution is -2.37. The SMILES string of the molecule is CC(C)OC(=O)C(C)NP(=O)(OCC1OC(Cn2ccc(=O)[nH]c2=O)C(C)C1O)Oc1ccccc1. The molecular weight excluding hydrogens is 493 g/mol. The van der Waals surface area contributed by atoms with Crippen molar-refractivity contribution in [2.45, 2.75) is 64.7 Å². The molecule has 0 amide bonds. The van der Waals surface area contributed by atoms with Gasteiger partial charge in [-0.1, -0.05) is 25.1 Å². The van der Waals surface area contributed by atoms with Crippen molar-refractivity contribution in [2.24, 2.45) is 5.92 Å². The van der Waals surface area contributed by atoms with Crippen LogP contribution in [0, 0.1) is 5.92 Å². The van der Waals surface area contributed by atoms with E-state index in [2.05, 4.69) is 10.1 Å². The number of ether oxygens (including phenoxy) is 2. The third kappa shape index (κ3) is 7.37. The summed E-state index contributed by atoms with van der Waals surface area (Å²) in [5.41, 5.74) is -1.11. The number of para-hydroxylation sites is 1. The fourth-order valence-electron chi connectivity index (χ4n) is 3.62. The Morgan fingerprint density at radius 3 is 2.53 bits per heavy atom. The molecular formula is C23H32N3O9P. The number of aliphatic hydroxyl groups is 1. The summed E-state index contributed by atoms with van der Waals surface area (Å²) in [5, 5.41) is 13.3. The molecule has 6 unspecified atom stereocenters. The number of carbonyl (C=O) groups is 1. The molecule has 0 saturated carbocycles. The van der Waals surface area contributed by atoms with Gasteiger partial charge >= 0.3 is 19.4 Å². The molecule has 0 bridgehead atoms. The predicted octanol–water partition coefficient (Wildman–Crippen LogP) is 1.43. The minimum absolute atomic E-state index is 0.0822. The van der Waals surface area contributed by atoms with Gasteiger partial charge in [0.15, 0.2) is 0 Å². The highest BCUT2D eigenvalue weighted by atomic mass is 31.2. The number of hydrogen-bond acceptors (Lipinski definition) is 9. The predicted molar refractivity (Wildman–Crippen MR) is 130 cm³/mol. The molecule has 0 radical (unpaired) electrons. The summed E-state index contributed by atoms with van der Waals surface area (Å²) in [6.45, 7) is 6.35. The van der Waals surface area contributed by atoms with Crippen LogP contribution in [0.25, 0.3) is 0 Å². The fourth-order valence-corrected chi connectivity index (χ4v) is 5.12. The quantitative estimate of drug-likeness (QED) is 0.289. The summed E-state index contributed by atoms with van der Waals surface area (Å²) in [4.78, 5) is 37.8. The molecule has 1 saturated heterocycles. The lowest BCUT2D eigenvalue weighted by molar-refractivity contribution is -0.149. The van der Waals surface area contributed by atoms with Gasteiger partial charge in [0.1, 0.15) is 17.9 Å². The number of rotatable bonds is 11. The maximum atomic E-state index is 13.6. The topological polar surface area (TPSA) is 158 Å². The number of benzene rings is 1. The Labute approximate surface area is 208 Å². The highest BCUT2D eigenvalue weighted by molar-refractivity contribution is 7.52. The van der Waals surface area contributed by atoms with E-state index in [1.54, 1.807) is 51.1 Å². The van der Waals surface area contributed by atoms with Crippen LogP contribution in [0.5, 0.6) is 5.75 Å². The molecule has 1 aliphatic heterocycles. The number of H-pyrrole nitrogens is 1. The van der Waals surface area contributed by atoms with Gasteiger partial charge in [-0.15, -0.1) is 0 Å². The zero-order chi connectivity index (χ0) is 26.5. The Morgan fingerprint density at radius 1 is 1.19 bits per heavy atom. The molecule has 1 fully saturated rings. The maximum Gasteiger partial charge on any atom is 0.459 e. The number of nitrogens with zero attached hydrogens (tertiary/aromatic N) is 1. The second kappa shape index (κ2) is 12.0. The van der Waals surface area contributed by atoms with Crippen LogP contribution in [0.2, 0.25) is 0 Å². The van der Waals surface area contributed by atoms with Crippen molar-refractivity contribution in [1.82, 2.24) is 14.6 Å². The van der Waals surface area contributed by atoms with Crippen LogP contribution in [0.3, 0.4) is 0 Å². The van der Waals surface area contributed by atoms with Crippen LogP contribution in [0.15, 0.2) is 52.2 Å². The highest BCUT2D eigenvalue weighted by Gasteiger charge is 2.43. The number of aromatic nitrogens is 2. The van der Waals surface area contributed by atoms with E-state index >= 15 is 0 Å². The third-order valence-electron chi connectivity index (χ3n) is 5.56. The molecule has 2 heterocycles. The highest BCUT2D eigenvalue weighted by Crippen LogP contribution is 2.45. The fraction of sp³-hybridized carbons (Fsp3) is 0.522. The first-order valence-corrected chi connectivity index (χ1v) is 13.1. The summed E-state index contributed by atoms with van der Waals surface area (Å²) in [7, 11) is -4.13. The molecule has 12 nitrogen and oxygen atoms in total. The van der Waals surface area contributed by atoms with Gasteiger partial charge in [-0.05, 0) is 32.9 Å². The normalized spacial score (nSPS) is 24.3. The van der Waals surface area contributed by atoms with E-state index in [9.17, 15) is 24.1 Å². The molecule has 3 N–H and O–H groups in total. The van der Waals surface area contributed by atoms with Gasteiger partial charge in [0.05, 0.1) is 31.5 Å². The van der Waals surface area contributed by atoms with E-state index in [1.165, 1.54) is 23.8 Å². The minimum Gasteiger partial charge on any atom is -0.462 e. The number of nitrogens with one attached hydrogen (secondary N) is 2. The molecule has 0 aliphatic carbocycles. The van der Waals surface area contributed by atoms with E-state index in [4.69, 9.17) is 18.5 Å².